The van der Waals surface area contributed by atoms with Gasteiger partial charge in [-0.05, 0) is 18.9 Å². The van der Waals surface area contributed by atoms with Gasteiger partial charge in [0.1, 0.15) is 0 Å². The summed E-state index contributed by atoms with van der Waals surface area (Å²) in [6.07, 6.45) is 1.72. The van der Waals surface area contributed by atoms with E-state index in [0.29, 0.717) is 18.1 Å². The zero-order valence-electron chi connectivity index (χ0n) is 10.4. The van der Waals surface area contributed by atoms with Crippen LogP contribution in [0, 0.1) is 5.92 Å². The third-order valence-corrected chi connectivity index (χ3v) is 4.64. The van der Waals surface area contributed by atoms with Gasteiger partial charge in [0.2, 0.25) is 0 Å². The summed E-state index contributed by atoms with van der Waals surface area (Å²) in [4.78, 5) is 0. The lowest BCUT2D eigenvalue weighted by Gasteiger charge is -2.23. The second-order valence-electron chi connectivity index (χ2n) is 4.16. The number of nitrogens with one attached hydrogen (secondary N) is 1. The first-order chi connectivity index (χ1) is 6.96. The van der Waals surface area contributed by atoms with Crippen molar-refractivity contribution in [3.05, 3.63) is 0 Å². The Morgan fingerprint density at radius 1 is 1.20 bits per heavy atom. The van der Waals surface area contributed by atoms with Crippen LogP contribution in [0.3, 0.4) is 0 Å². The molecule has 0 saturated carbocycles. The zero-order chi connectivity index (χ0) is 11.9. The highest BCUT2D eigenvalue weighted by atomic mass is 32.2. The number of hydrogen-bond acceptors (Lipinski definition) is 3. The fourth-order valence-electron chi connectivity index (χ4n) is 1.64. The van der Waals surface area contributed by atoms with Crippen LogP contribution in [0.15, 0.2) is 0 Å². The van der Waals surface area contributed by atoms with E-state index in [4.69, 9.17) is 0 Å². The Morgan fingerprint density at radius 2 is 1.80 bits per heavy atom. The minimum atomic E-state index is -2.87. The van der Waals surface area contributed by atoms with E-state index in [1.165, 1.54) is 0 Å². The van der Waals surface area contributed by atoms with Gasteiger partial charge in [-0.1, -0.05) is 34.1 Å². The summed E-state index contributed by atoms with van der Waals surface area (Å²) in [5.74, 6) is 1.01. The first-order valence-corrected chi connectivity index (χ1v) is 7.72. The van der Waals surface area contributed by atoms with E-state index in [2.05, 4.69) is 19.2 Å². The molecule has 0 saturated heterocycles. The summed E-state index contributed by atoms with van der Waals surface area (Å²) in [5.41, 5.74) is 0. The third-order valence-electron chi connectivity index (χ3n) is 2.75. The first kappa shape index (κ1) is 14.9. The van der Waals surface area contributed by atoms with Crippen LogP contribution in [0.1, 0.15) is 40.5 Å². The van der Waals surface area contributed by atoms with Gasteiger partial charge in [0.05, 0.1) is 5.75 Å². The molecule has 0 amide bonds. The molecule has 0 spiro atoms. The Kier molecular flexibility index (Phi) is 7.18. The van der Waals surface area contributed by atoms with Crippen LogP contribution in [0.2, 0.25) is 0 Å². The fraction of sp³-hybridized carbons (Fsp3) is 1.00. The van der Waals surface area contributed by atoms with Crippen molar-refractivity contribution in [2.45, 2.75) is 46.6 Å². The van der Waals surface area contributed by atoms with Gasteiger partial charge in [0, 0.05) is 11.8 Å². The van der Waals surface area contributed by atoms with Crippen LogP contribution >= 0.6 is 0 Å². The zero-order valence-corrected chi connectivity index (χ0v) is 11.2. The summed E-state index contributed by atoms with van der Waals surface area (Å²) in [6.45, 7) is 8.96. The van der Waals surface area contributed by atoms with E-state index in [-0.39, 0.29) is 11.8 Å². The molecule has 92 valence electrons. The second-order valence-corrected chi connectivity index (χ2v) is 6.39. The number of sulfone groups is 1. The van der Waals surface area contributed by atoms with Gasteiger partial charge in [-0.25, -0.2) is 8.42 Å². The van der Waals surface area contributed by atoms with Crippen LogP contribution < -0.4 is 5.32 Å². The molecule has 1 N–H and O–H groups in total. The van der Waals surface area contributed by atoms with Gasteiger partial charge in [0.25, 0.3) is 0 Å². The first-order valence-electron chi connectivity index (χ1n) is 5.90. The van der Waals surface area contributed by atoms with Gasteiger partial charge >= 0.3 is 0 Å². The van der Waals surface area contributed by atoms with E-state index >= 15 is 0 Å². The quantitative estimate of drug-likeness (QED) is 0.698. The number of hydrogen-bond donors (Lipinski definition) is 1. The van der Waals surface area contributed by atoms with Crippen molar-refractivity contribution in [3.63, 3.8) is 0 Å². The molecule has 0 rings (SSSR count). The molecule has 0 aliphatic rings. The standard InChI is InChI=1S/C11H25NO2S/c1-5-8-15(13,14)9-11(12-7-3)10(4)6-2/h10-12H,5-9H2,1-4H3. The predicted octanol–water partition coefficient (Wildman–Crippen LogP) is 1.84. The van der Waals surface area contributed by atoms with Gasteiger partial charge in [0.15, 0.2) is 9.84 Å². The summed E-state index contributed by atoms with van der Waals surface area (Å²) in [6, 6.07) is 0.108. The molecule has 15 heavy (non-hydrogen) atoms. The van der Waals surface area contributed by atoms with Crippen molar-refractivity contribution >= 4 is 9.84 Å². The number of rotatable bonds is 8. The van der Waals surface area contributed by atoms with Crippen LogP contribution in [0.5, 0.6) is 0 Å². The van der Waals surface area contributed by atoms with E-state index in [1.54, 1.807) is 0 Å². The second kappa shape index (κ2) is 7.23. The molecule has 0 aliphatic carbocycles. The molecule has 3 nitrogen and oxygen atoms in total. The molecular weight excluding hydrogens is 210 g/mol. The molecule has 2 unspecified atom stereocenters. The van der Waals surface area contributed by atoms with Crippen LogP contribution in [-0.2, 0) is 9.84 Å². The Bertz CT molecular complexity index is 249. The minimum absolute atomic E-state index is 0.108. The summed E-state index contributed by atoms with van der Waals surface area (Å²) >= 11 is 0. The normalized spacial score (nSPS) is 16.3. The monoisotopic (exact) mass is 235 g/mol. The molecule has 0 radical (unpaired) electrons. The Morgan fingerprint density at radius 3 is 2.20 bits per heavy atom. The van der Waals surface area contributed by atoms with Gasteiger partial charge < -0.3 is 5.32 Å². The van der Waals surface area contributed by atoms with Crippen LogP contribution in [0.25, 0.3) is 0 Å². The maximum atomic E-state index is 11.7. The van der Waals surface area contributed by atoms with Crippen molar-refractivity contribution in [2.24, 2.45) is 5.92 Å². The highest BCUT2D eigenvalue weighted by Crippen LogP contribution is 2.10. The summed E-state index contributed by atoms with van der Waals surface area (Å²) in [7, 11) is -2.87. The molecule has 0 heterocycles. The van der Waals surface area contributed by atoms with E-state index in [1.807, 2.05) is 13.8 Å². The van der Waals surface area contributed by atoms with E-state index in [9.17, 15) is 8.42 Å². The molecule has 0 aromatic carbocycles. The molecule has 0 aliphatic heterocycles. The van der Waals surface area contributed by atoms with Crippen LogP contribution in [0.4, 0.5) is 0 Å². The molecule has 0 bridgehead atoms. The van der Waals surface area contributed by atoms with E-state index in [0.717, 1.165) is 13.0 Å². The van der Waals surface area contributed by atoms with Crippen molar-refractivity contribution < 1.29 is 8.42 Å². The van der Waals surface area contributed by atoms with Crippen molar-refractivity contribution in [2.75, 3.05) is 18.1 Å². The van der Waals surface area contributed by atoms with Crippen molar-refractivity contribution in [1.82, 2.24) is 5.32 Å². The van der Waals surface area contributed by atoms with Crippen molar-refractivity contribution in [1.29, 1.82) is 0 Å². The highest BCUT2D eigenvalue weighted by molar-refractivity contribution is 7.91. The minimum Gasteiger partial charge on any atom is -0.313 e. The maximum Gasteiger partial charge on any atom is 0.151 e. The highest BCUT2D eigenvalue weighted by Gasteiger charge is 2.21. The largest absolute Gasteiger partial charge is 0.313 e. The molecular formula is C11H25NO2S. The molecule has 0 aromatic heterocycles. The summed E-state index contributed by atoms with van der Waals surface area (Å²) in [5, 5.41) is 3.27. The van der Waals surface area contributed by atoms with Gasteiger partial charge in [-0.3, -0.25) is 0 Å². The molecule has 0 fully saturated rings. The molecule has 2 atom stereocenters. The predicted molar refractivity (Wildman–Crippen MR) is 65.9 cm³/mol. The Balaban J connectivity index is 4.39. The molecule has 0 aromatic rings. The molecule has 4 heteroatoms. The smallest absolute Gasteiger partial charge is 0.151 e. The maximum absolute atomic E-state index is 11.7. The lowest BCUT2D eigenvalue weighted by molar-refractivity contribution is 0.398. The van der Waals surface area contributed by atoms with Crippen LogP contribution in [-0.4, -0.2) is 32.5 Å². The SMILES string of the molecule is CCCS(=O)(=O)CC(NCC)C(C)CC. The topological polar surface area (TPSA) is 46.2 Å². The lowest BCUT2D eigenvalue weighted by atomic mass is 10.0. The average Bonchev–Trinajstić information content (AvgIpc) is 2.15. The Hall–Kier alpha value is -0.0900. The van der Waals surface area contributed by atoms with Gasteiger partial charge in [-0.2, -0.15) is 0 Å². The average molecular weight is 235 g/mol. The fourth-order valence-corrected chi connectivity index (χ4v) is 3.42. The van der Waals surface area contributed by atoms with Crippen molar-refractivity contribution in [3.8, 4) is 0 Å². The third kappa shape index (κ3) is 6.15. The lowest BCUT2D eigenvalue weighted by Crippen LogP contribution is -2.41. The van der Waals surface area contributed by atoms with Gasteiger partial charge in [-0.15, -0.1) is 0 Å². The summed E-state index contributed by atoms with van der Waals surface area (Å²) < 4.78 is 23.4. The Labute approximate surface area is 94.6 Å². The van der Waals surface area contributed by atoms with E-state index < -0.39 is 9.84 Å².